The first-order valence-electron chi connectivity index (χ1n) is 8.34. The number of hydrogen-bond acceptors (Lipinski definition) is 5. The quantitative estimate of drug-likeness (QED) is 0.785. The Kier molecular flexibility index (Phi) is 5.27. The summed E-state index contributed by atoms with van der Waals surface area (Å²) in [6.45, 7) is 2.21. The summed E-state index contributed by atoms with van der Waals surface area (Å²) in [6, 6.07) is 8.00. The Balaban J connectivity index is 1.51. The highest BCUT2D eigenvalue weighted by Gasteiger charge is 2.23. The first-order chi connectivity index (χ1) is 12.1. The van der Waals surface area contributed by atoms with Gasteiger partial charge in [-0.3, -0.25) is 9.59 Å². The fourth-order valence-electron chi connectivity index (χ4n) is 2.99. The molecular weight excluding hydrogens is 320 g/mol. The van der Waals surface area contributed by atoms with Crippen LogP contribution in [-0.4, -0.2) is 39.7 Å². The average Bonchev–Trinajstić information content (AvgIpc) is 3.13. The van der Waals surface area contributed by atoms with Gasteiger partial charge in [0.25, 0.3) is 0 Å². The summed E-state index contributed by atoms with van der Waals surface area (Å²) in [5, 5.41) is 6.76. The molecule has 0 radical (unpaired) electrons. The summed E-state index contributed by atoms with van der Waals surface area (Å²) in [5.41, 5.74) is 7.52. The standard InChI is InChI=1S/C17H22N6O2/c18-17(25)14-2-1-7-22(9-14)15-5-3-13(4-6-15)8-20-16(24)10-23-12-19-11-21-23/h3-6,11-12,14H,1-2,7-10H2,(H2,18,25)(H,20,24)/t14-/m1/s1. The van der Waals surface area contributed by atoms with Crippen LogP contribution < -0.4 is 16.0 Å². The van der Waals surface area contributed by atoms with Gasteiger partial charge >= 0.3 is 0 Å². The molecule has 2 aromatic rings. The fraction of sp³-hybridized carbons (Fsp3) is 0.412. The maximum absolute atomic E-state index is 11.8. The van der Waals surface area contributed by atoms with E-state index < -0.39 is 0 Å². The highest BCUT2D eigenvalue weighted by molar-refractivity contribution is 5.77. The molecule has 0 bridgehead atoms. The molecule has 1 atom stereocenters. The third-order valence-electron chi connectivity index (χ3n) is 4.39. The van der Waals surface area contributed by atoms with Gasteiger partial charge in [0.1, 0.15) is 19.2 Å². The monoisotopic (exact) mass is 342 g/mol. The second-order valence-corrected chi connectivity index (χ2v) is 6.22. The van der Waals surface area contributed by atoms with E-state index in [1.165, 1.54) is 17.3 Å². The van der Waals surface area contributed by atoms with Gasteiger partial charge < -0.3 is 16.0 Å². The van der Waals surface area contributed by atoms with Gasteiger partial charge in [-0.05, 0) is 30.5 Å². The molecule has 0 aliphatic carbocycles. The Morgan fingerprint density at radius 1 is 1.28 bits per heavy atom. The van der Waals surface area contributed by atoms with E-state index in [2.05, 4.69) is 20.3 Å². The van der Waals surface area contributed by atoms with Crippen LogP contribution in [0, 0.1) is 5.92 Å². The van der Waals surface area contributed by atoms with Crippen molar-refractivity contribution < 1.29 is 9.59 Å². The lowest BCUT2D eigenvalue weighted by atomic mass is 9.97. The summed E-state index contributed by atoms with van der Waals surface area (Å²) in [6.07, 6.45) is 4.73. The molecule has 1 saturated heterocycles. The van der Waals surface area contributed by atoms with Crippen LogP contribution in [0.1, 0.15) is 18.4 Å². The average molecular weight is 342 g/mol. The molecule has 1 aromatic heterocycles. The summed E-state index contributed by atoms with van der Waals surface area (Å²) in [7, 11) is 0. The van der Waals surface area contributed by atoms with Crippen LogP contribution in [0.5, 0.6) is 0 Å². The van der Waals surface area contributed by atoms with E-state index in [9.17, 15) is 9.59 Å². The van der Waals surface area contributed by atoms with Crippen molar-refractivity contribution in [1.82, 2.24) is 20.1 Å². The number of nitrogens with one attached hydrogen (secondary N) is 1. The summed E-state index contributed by atoms with van der Waals surface area (Å²) >= 11 is 0. The number of amides is 2. The molecule has 132 valence electrons. The molecular formula is C17H22N6O2. The van der Waals surface area contributed by atoms with Gasteiger partial charge in [-0.15, -0.1) is 0 Å². The van der Waals surface area contributed by atoms with Crippen molar-refractivity contribution in [2.24, 2.45) is 11.7 Å². The molecule has 0 unspecified atom stereocenters. The van der Waals surface area contributed by atoms with E-state index in [0.717, 1.165) is 30.6 Å². The first kappa shape index (κ1) is 16.9. The van der Waals surface area contributed by atoms with Crippen LogP contribution in [0.15, 0.2) is 36.9 Å². The van der Waals surface area contributed by atoms with Crippen molar-refractivity contribution in [3.05, 3.63) is 42.5 Å². The number of nitrogens with two attached hydrogens (primary N) is 1. The summed E-state index contributed by atoms with van der Waals surface area (Å²) in [5.74, 6) is -0.421. The molecule has 25 heavy (non-hydrogen) atoms. The maximum Gasteiger partial charge on any atom is 0.242 e. The van der Waals surface area contributed by atoms with Crippen LogP contribution in [0.2, 0.25) is 0 Å². The van der Waals surface area contributed by atoms with Crippen LogP contribution >= 0.6 is 0 Å². The van der Waals surface area contributed by atoms with Crippen LogP contribution in [0.3, 0.4) is 0 Å². The van der Waals surface area contributed by atoms with Gasteiger partial charge in [0.05, 0.1) is 5.92 Å². The zero-order valence-corrected chi connectivity index (χ0v) is 14.0. The molecule has 2 heterocycles. The second-order valence-electron chi connectivity index (χ2n) is 6.22. The second kappa shape index (κ2) is 7.78. The van der Waals surface area contributed by atoms with Gasteiger partial charge in [0, 0.05) is 25.3 Å². The molecule has 8 nitrogen and oxygen atoms in total. The summed E-state index contributed by atoms with van der Waals surface area (Å²) in [4.78, 5) is 29.2. The lowest BCUT2D eigenvalue weighted by molar-refractivity contribution is -0.122. The molecule has 3 rings (SSSR count). The largest absolute Gasteiger partial charge is 0.371 e. The fourth-order valence-corrected chi connectivity index (χ4v) is 2.99. The highest BCUT2D eigenvalue weighted by atomic mass is 16.2. The Morgan fingerprint density at radius 2 is 2.08 bits per heavy atom. The molecule has 3 N–H and O–H groups in total. The minimum absolute atomic E-state index is 0.0792. The van der Waals surface area contributed by atoms with Crippen molar-refractivity contribution in [3.63, 3.8) is 0 Å². The third kappa shape index (κ3) is 4.56. The zero-order valence-electron chi connectivity index (χ0n) is 14.0. The van der Waals surface area contributed by atoms with Crippen molar-refractivity contribution in [3.8, 4) is 0 Å². The smallest absolute Gasteiger partial charge is 0.242 e. The van der Waals surface area contributed by atoms with Gasteiger partial charge in [0.15, 0.2) is 0 Å². The lowest BCUT2D eigenvalue weighted by Crippen LogP contribution is -2.41. The van der Waals surface area contributed by atoms with Crippen molar-refractivity contribution in [2.75, 3.05) is 18.0 Å². The molecule has 1 aromatic carbocycles. The van der Waals surface area contributed by atoms with Crippen molar-refractivity contribution >= 4 is 17.5 Å². The molecule has 8 heteroatoms. The normalized spacial score (nSPS) is 17.3. The minimum atomic E-state index is -0.226. The lowest BCUT2D eigenvalue weighted by Gasteiger charge is -2.33. The van der Waals surface area contributed by atoms with E-state index in [-0.39, 0.29) is 24.3 Å². The summed E-state index contributed by atoms with van der Waals surface area (Å²) < 4.78 is 1.48. The molecule has 2 amide bonds. The molecule has 1 aliphatic heterocycles. The van der Waals surface area contributed by atoms with Gasteiger partial charge in [-0.2, -0.15) is 5.10 Å². The molecule has 1 aliphatic rings. The highest BCUT2D eigenvalue weighted by Crippen LogP contribution is 2.23. The van der Waals surface area contributed by atoms with Crippen molar-refractivity contribution in [1.29, 1.82) is 0 Å². The number of anilines is 1. The molecule has 0 spiro atoms. The van der Waals surface area contributed by atoms with Crippen molar-refractivity contribution in [2.45, 2.75) is 25.9 Å². The van der Waals surface area contributed by atoms with E-state index in [4.69, 9.17) is 5.73 Å². The van der Waals surface area contributed by atoms with Crippen LogP contribution in [-0.2, 0) is 22.7 Å². The predicted octanol–water partition coefficient (Wildman–Crippen LogP) is 0.296. The van der Waals surface area contributed by atoms with E-state index in [1.807, 2.05) is 24.3 Å². The number of piperidine rings is 1. The Hall–Kier alpha value is -2.90. The topological polar surface area (TPSA) is 106 Å². The number of carbonyl (C=O) groups excluding carboxylic acids is 2. The van der Waals surface area contributed by atoms with E-state index in [1.54, 1.807) is 0 Å². The first-order valence-corrected chi connectivity index (χ1v) is 8.34. The number of hydrogen-bond donors (Lipinski definition) is 2. The Bertz CT molecular complexity index is 713. The zero-order chi connectivity index (χ0) is 17.6. The van der Waals surface area contributed by atoms with E-state index >= 15 is 0 Å². The van der Waals surface area contributed by atoms with Crippen LogP contribution in [0.4, 0.5) is 5.69 Å². The third-order valence-corrected chi connectivity index (χ3v) is 4.39. The van der Waals surface area contributed by atoms with Gasteiger partial charge in [-0.25, -0.2) is 9.67 Å². The minimum Gasteiger partial charge on any atom is -0.371 e. The SMILES string of the molecule is NC(=O)[C@@H]1CCCN(c2ccc(CNC(=O)Cn3cncn3)cc2)C1. The number of aromatic nitrogens is 3. The Labute approximate surface area is 146 Å². The van der Waals surface area contributed by atoms with E-state index in [0.29, 0.717) is 13.1 Å². The van der Waals surface area contributed by atoms with Crippen LogP contribution in [0.25, 0.3) is 0 Å². The van der Waals surface area contributed by atoms with Gasteiger partial charge in [-0.1, -0.05) is 12.1 Å². The molecule has 1 fully saturated rings. The van der Waals surface area contributed by atoms with Gasteiger partial charge in [0.2, 0.25) is 11.8 Å². The number of benzene rings is 1. The maximum atomic E-state index is 11.8. The predicted molar refractivity (Wildman–Crippen MR) is 92.4 cm³/mol. The number of nitrogens with zero attached hydrogens (tertiary/aromatic N) is 4. The Morgan fingerprint density at radius 3 is 2.76 bits per heavy atom. The molecule has 0 saturated carbocycles. The number of carbonyl (C=O) groups is 2. The number of primary amides is 1. The number of rotatable bonds is 6.